The highest BCUT2D eigenvalue weighted by Crippen LogP contribution is 2.22. The number of nitrogens with zero attached hydrogens (tertiary/aromatic N) is 2. The van der Waals surface area contributed by atoms with Crippen molar-refractivity contribution < 1.29 is 9.59 Å². The minimum Gasteiger partial charge on any atom is -0.351 e. The van der Waals surface area contributed by atoms with Crippen LogP contribution >= 0.6 is 11.3 Å². The van der Waals surface area contributed by atoms with Gasteiger partial charge in [-0.2, -0.15) is 5.10 Å². The van der Waals surface area contributed by atoms with Gasteiger partial charge in [-0.3, -0.25) is 14.7 Å². The van der Waals surface area contributed by atoms with Crippen LogP contribution in [0.25, 0.3) is 21.1 Å². The number of fused-ring (bicyclic) bond motifs is 2. The van der Waals surface area contributed by atoms with Crippen LogP contribution < -0.4 is 10.6 Å². The number of rotatable bonds is 6. The molecular formula is C21H21N5O2S. The SMILES string of the molecule is CC(Cc1nc2ccccc2s1)NC(=O)C(C)NC(=O)c1n[nH]c2ccccc12. The van der Waals surface area contributed by atoms with Crippen molar-refractivity contribution in [3.63, 3.8) is 0 Å². The first kappa shape index (κ1) is 19.1. The molecule has 0 aliphatic rings. The van der Waals surface area contributed by atoms with Gasteiger partial charge in [0.25, 0.3) is 5.91 Å². The lowest BCUT2D eigenvalue weighted by Gasteiger charge is -2.17. The van der Waals surface area contributed by atoms with Crippen LogP contribution in [0.2, 0.25) is 0 Å². The Kier molecular flexibility index (Phi) is 5.26. The van der Waals surface area contributed by atoms with E-state index in [1.54, 1.807) is 18.3 Å². The lowest BCUT2D eigenvalue weighted by Crippen LogP contribution is -2.48. The Labute approximate surface area is 171 Å². The van der Waals surface area contributed by atoms with Crippen LogP contribution in [0.4, 0.5) is 0 Å². The summed E-state index contributed by atoms with van der Waals surface area (Å²) in [6.07, 6.45) is 0.635. The normalized spacial score (nSPS) is 13.3. The fourth-order valence-electron chi connectivity index (χ4n) is 3.16. The number of H-pyrrole nitrogens is 1. The predicted molar refractivity (Wildman–Crippen MR) is 114 cm³/mol. The molecule has 2 heterocycles. The molecule has 0 saturated carbocycles. The Balaban J connectivity index is 1.35. The van der Waals surface area contributed by atoms with Gasteiger partial charge in [0, 0.05) is 17.8 Å². The maximum absolute atomic E-state index is 12.5. The highest BCUT2D eigenvalue weighted by Gasteiger charge is 2.21. The van der Waals surface area contributed by atoms with Crippen molar-refractivity contribution >= 4 is 44.3 Å². The Morgan fingerprint density at radius 3 is 2.66 bits per heavy atom. The van der Waals surface area contributed by atoms with E-state index in [9.17, 15) is 9.59 Å². The Bertz CT molecular complexity index is 1150. The molecule has 0 aliphatic heterocycles. The summed E-state index contributed by atoms with van der Waals surface area (Å²) in [4.78, 5) is 29.6. The molecule has 2 atom stereocenters. The van der Waals surface area contributed by atoms with Crippen LogP contribution in [0.15, 0.2) is 48.5 Å². The number of carbonyl (C=O) groups excluding carboxylic acids is 2. The quantitative estimate of drug-likeness (QED) is 0.457. The standard InChI is InChI=1S/C21H21N5O2S/c1-12(11-18-24-16-9-5-6-10-17(16)29-18)22-20(27)13(2)23-21(28)19-14-7-3-4-8-15(14)25-26-19/h3-10,12-13H,11H2,1-2H3,(H,22,27)(H,23,28)(H,25,26). The molecule has 8 heteroatoms. The molecule has 2 unspecified atom stereocenters. The monoisotopic (exact) mass is 407 g/mol. The lowest BCUT2D eigenvalue weighted by atomic mass is 10.2. The van der Waals surface area contributed by atoms with Gasteiger partial charge in [-0.25, -0.2) is 4.98 Å². The van der Waals surface area contributed by atoms with Crippen molar-refractivity contribution in [3.8, 4) is 0 Å². The van der Waals surface area contributed by atoms with Gasteiger partial charge in [-0.1, -0.05) is 30.3 Å². The summed E-state index contributed by atoms with van der Waals surface area (Å²) in [7, 11) is 0. The van der Waals surface area contributed by atoms with Crippen molar-refractivity contribution in [1.29, 1.82) is 0 Å². The molecule has 0 saturated heterocycles. The van der Waals surface area contributed by atoms with Crippen LogP contribution in [-0.2, 0) is 11.2 Å². The first-order chi connectivity index (χ1) is 14.0. The number of hydrogen-bond donors (Lipinski definition) is 3. The van der Waals surface area contributed by atoms with E-state index in [1.165, 1.54) is 0 Å². The van der Waals surface area contributed by atoms with Gasteiger partial charge in [-0.15, -0.1) is 11.3 Å². The minimum absolute atomic E-state index is 0.103. The number of carbonyl (C=O) groups is 2. The number of aromatic amines is 1. The van der Waals surface area contributed by atoms with Crippen molar-refractivity contribution in [2.45, 2.75) is 32.4 Å². The zero-order valence-corrected chi connectivity index (χ0v) is 16.9. The fraction of sp³-hybridized carbons (Fsp3) is 0.238. The topological polar surface area (TPSA) is 99.8 Å². The Morgan fingerprint density at radius 1 is 1.07 bits per heavy atom. The van der Waals surface area contributed by atoms with Gasteiger partial charge in [0.1, 0.15) is 6.04 Å². The average Bonchev–Trinajstić information content (AvgIpc) is 3.31. The number of nitrogens with one attached hydrogen (secondary N) is 3. The molecule has 3 N–H and O–H groups in total. The number of benzene rings is 2. The van der Waals surface area contributed by atoms with E-state index in [4.69, 9.17) is 0 Å². The molecular weight excluding hydrogens is 386 g/mol. The van der Waals surface area contributed by atoms with Gasteiger partial charge in [0.05, 0.1) is 20.7 Å². The molecule has 29 heavy (non-hydrogen) atoms. The molecule has 2 aromatic heterocycles. The van der Waals surface area contributed by atoms with Gasteiger partial charge < -0.3 is 10.6 Å². The third-order valence-corrected chi connectivity index (χ3v) is 5.69. The van der Waals surface area contributed by atoms with Crippen LogP contribution in [-0.4, -0.2) is 39.1 Å². The molecule has 0 bridgehead atoms. The summed E-state index contributed by atoms with van der Waals surface area (Å²) < 4.78 is 1.13. The van der Waals surface area contributed by atoms with E-state index in [0.29, 0.717) is 6.42 Å². The van der Waals surface area contributed by atoms with Crippen LogP contribution in [0.5, 0.6) is 0 Å². The summed E-state index contributed by atoms with van der Waals surface area (Å²) in [6, 6.07) is 14.6. The minimum atomic E-state index is -0.684. The molecule has 4 aromatic rings. The number of thiazole rings is 1. The highest BCUT2D eigenvalue weighted by atomic mass is 32.1. The first-order valence-corrected chi connectivity index (χ1v) is 10.2. The number of aromatic nitrogens is 3. The van der Waals surface area contributed by atoms with E-state index < -0.39 is 6.04 Å². The summed E-state index contributed by atoms with van der Waals surface area (Å²) in [6.45, 7) is 3.59. The Morgan fingerprint density at radius 2 is 1.83 bits per heavy atom. The Hall–Kier alpha value is -3.26. The summed E-state index contributed by atoms with van der Waals surface area (Å²) in [5.41, 5.74) is 2.03. The molecule has 0 spiro atoms. The zero-order valence-electron chi connectivity index (χ0n) is 16.1. The predicted octanol–water partition coefficient (Wildman–Crippen LogP) is 3.04. The molecule has 0 aliphatic carbocycles. The third-order valence-electron chi connectivity index (χ3n) is 4.63. The van der Waals surface area contributed by atoms with Gasteiger partial charge in [0.15, 0.2) is 5.69 Å². The van der Waals surface area contributed by atoms with E-state index in [1.807, 2.05) is 55.5 Å². The number of hydrogen-bond acceptors (Lipinski definition) is 5. The molecule has 4 rings (SSSR count). The first-order valence-electron chi connectivity index (χ1n) is 9.40. The van der Waals surface area contributed by atoms with E-state index in [-0.39, 0.29) is 23.6 Å². The van der Waals surface area contributed by atoms with Gasteiger partial charge in [0.2, 0.25) is 5.91 Å². The van der Waals surface area contributed by atoms with E-state index in [2.05, 4.69) is 25.8 Å². The van der Waals surface area contributed by atoms with E-state index in [0.717, 1.165) is 26.1 Å². The van der Waals surface area contributed by atoms with Crippen LogP contribution in [0.1, 0.15) is 29.3 Å². The van der Waals surface area contributed by atoms with Crippen molar-refractivity contribution in [2.24, 2.45) is 0 Å². The summed E-state index contributed by atoms with van der Waals surface area (Å²) in [5.74, 6) is -0.629. The average molecular weight is 407 g/mol. The largest absolute Gasteiger partial charge is 0.351 e. The lowest BCUT2D eigenvalue weighted by molar-refractivity contribution is -0.123. The van der Waals surface area contributed by atoms with Crippen molar-refractivity contribution in [3.05, 3.63) is 59.2 Å². The van der Waals surface area contributed by atoms with Gasteiger partial charge >= 0.3 is 0 Å². The molecule has 2 aromatic carbocycles. The smallest absolute Gasteiger partial charge is 0.273 e. The molecule has 148 valence electrons. The maximum atomic E-state index is 12.5. The van der Waals surface area contributed by atoms with E-state index >= 15 is 0 Å². The van der Waals surface area contributed by atoms with Gasteiger partial charge in [-0.05, 0) is 32.0 Å². The summed E-state index contributed by atoms with van der Waals surface area (Å²) >= 11 is 1.63. The molecule has 0 radical (unpaired) electrons. The second-order valence-electron chi connectivity index (χ2n) is 7.00. The molecule has 0 fully saturated rings. The summed E-state index contributed by atoms with van der Waals surface area (Å²) in [5, 5.41) is 14.3. The molecule has 7 nitrogen and oxygen atoms in total. The van der Waals surface area contributed by atoms with Crippen LogP contribution in [0.3, 0.4) is 0 Å². The second-order valence-corrected chi connectivity index (χ2v) is 8.12. The van der Waals surface area contributed by atoms with Crippen molar-refractivity contribution in [2.75, 3.05) is 0 Å². The molecule has 2 amide bonds. The zero-order chi connectivity index (χ0) is 20.4. The van der Waals surface area contributed by atoms with Crippen molar-refractivity contribution in [1.82, 2.24) is 25.8 Å². The highest BCUT2D eigenvalue weighted by molar-refractivity contribution is 7.18. The number of para-hydroxylation sites is 2. The van der Waals surface area contributed by atoms with Crippen LogP contribution in [0, 0.1) is 0 Å². The maximum Gasteiger partial charge on any atom is 0.273 e. The number of amides is 2. The fourth-order valence-corrected chi connectivity index (χ4v) is 4.25. The third kappa shape index (κ3) is 4.12. The second kappa shape index (κ2) is 8.00.